The van der Waals surface area contributed by atoms with Crippen molar-refractivity contribution in [2.45, 2.75) is 13.0 Å². The molecule has 1 heterocycles. The van der Waals surface area contributed by atoms with Crippen molar-refractivity contribution in [2.24, 2.45) is 5.73 Å². The normalized spacial score (nSPS) is 10.2. The first-order valence-electron chi connectivity index (χ1n) is 4.59. The summed E-state index contributed by atoms with van der Waals surface area (Å²) in [7, 11) is 3.75. The molecule has 1 aromatic rings. The first-order valence-corrected chi connectivity index (χ1v) is 4.59. The Balaban J connectivity index is 2.85. The zero-order chi connectivity index (χ0) is 10.6. The van der Waals surface area contributed by atoms with E-state index in [1.54, 1.807) is 12.3 Å². The third kappa shape index (κ3) is 2.56. The molecule has 0 atom stereocenters. The Kier molecular flexibility index (Phi) is 3.64. The molecule has 0 unspecified atom stereocenters. The zero-order valence-electron chi connectivity index (χ0n) is 8.60. The molecule has 0 spiro atoms. The van der Waals surface area contributed by atoms with Crippen LogP contribution in [0.15, 0.2) is 17.1 Å². The highest BCUT2D eigenvalue weighted by Gasteiger charge is 2.00. The van der Waals surface area contributed by atoms with Crippen LogP contribution in [0.3, 0.4) is 0 Å². The number of nitrogens with two attached hydrogens (primary N) is 1. The van der Waals surface area contributed by atoms with Gasteiger partial charge < -0.3 is 10.6 Å². The Bertz CT molecular complexity index is 345. The molecular formula is C9H16N4O. The van der Waals surface area contributed by atoms with E-state index in [0.717, 1.165) is 12.1 Å². The van der Waals surface area contributed by atoms with Crippen molar-refractivity contribution in [3.63, 3.8) is 0 Å². The van der Waals surface area contributed by atoms with E-state index in [9.17, 15) is 4.79 Å². The number of nitrogens with zero attached hydrogens (tertiary/aromatic N) is 3. The van der Waals surface area contributed by atoms with Crippen molar-refractivity contribution < 1.29 is 0 Å². The van der Waals surface area contributed by atoms with Gasteiger partial charge in [0.2, 0.25) is 0 Å². The molecule has 0 aromatic carbocycles. The molecule has 5 nitrogen and oxygen atoms in total. The van der Waals surface area contributed by atoms with Crippen molar-refractivity contribution in [3.05, 3.63) is 22.6 Å². The predicted octanol–water partition coefficient (Wildman–Crippen LogP) is -0.342. The van der Waals surface area contributed by atoms with Gasteiger partial charge in [-0.1, -0.05) is 0 Å². The maximum atomic E-state index is 11.5. The molecule has 1 aromatic heterocycles. The first kappa shape index (κ1) is 10.7. The minimum absolute atomic E-state index is 0.0790. The van der Waals surface area contributed by atoms with Gasteiger partial charge >= 0.3 is 0 Å². The van der Waals surface area contributed by atoms with E-state index >= 15 is 0 Å². The highest BCUT2D eigenvalue weighted by atomic mass is 16.1. The molecule has 0 saturated carbocycles. The van der Waals surface area contributed by atoms with Crippen LogP contribution in [-0.2, 0) is 6.54 Å². The minimum atomic E-state index is -0.0790. The molecule has 0 radical (unpaired) electrons. The fourth-order valence-corrected chi connectivity index (χ4v) is 1.08. The van der Waals surface area contributed by atoms with Crippen molar-refractivity contribution in [3.8, 4) is 0 Å². The maximum Gasteiger partial charge on any atom is 0.268 e. The Morgan fingerprint density at radius 2 is 2.29 bits per heavy atom. The molecule has 2 N–H and O–H groups in total. The third-order valence-electron chi connectivity index (χ3n) is 1.95. The van der Waals surface area contributed by atoms with Gasteiger partial charge in [0.1, 0.15) is 0 Å². The lowest BCUT2D eigenvalue weighted by Gasteiger charge is -2.12. The molecule has 0 aliphatic heterocycles. The number of aryl methyl sites for hydroxylation is 1. The number of aromatic nitrogens is 2. The summed E-state index contributed by atoms with van der Waals surface area (Å²) < 4.78 is 1.43. The standard InChI is InChI=1S/C9H16N4O/c1-12(2)8-6-9(14)13(11-7-8)5-3-4-10/h6-7H,3-5,10H2,1-2H3. The quantitative estimate of drug-likeness (QED) is 0.715. The molecule has 1 rings (SSSR count). The van der Waals surface area contributed by atoms with Gasteiger partial charge in [-0.05, 0) is 13.0 Å². The van der Waals surface area contributed by atoms with Crippen molar-refractivity contribution in [2.75, 3.05) is 25.5 Å². The average molecular weight is 196 g/mol. The van der Waals surface area contributed by atoms with E-state index < -0.39 is 0 Å². The zero-order valence-corrected chi connectivity index (χ0v) is 8.60. The molecule has 78 valence electrons. The van der Waals surface area contributed by atoms with Gasteiger partial charge in [0, 0.05) is 26.7 Å². The summed E-state index contributed by atoms with van der Waals surface area (Å²) in [4.78, 5) is 13.3. The number of anilines is 1. The topological polar surface area (TPSA) is 64.2 Å². The van der Waals surface area contributed by atoms with E-state index in [4.69, 9.17) is 5.73 Å². The Morgan fingerprint density at radius 3 is 2.79 bits per heavy atom. The second kappa shape index (κ2) is 4.76. The summed E-state index contributed by atoms with van der Waals surface area (Å²) in [6, 6.07) is 1.57. The van der Waals surface area contributed by atoms with Crippen LogP contribution in [0.25, 0.3) is 0 Å². The van der Waals surface area contributed by atoms with Gasteiger partial charge in [-0.3, -0.25) is 4.79 Å². The second-order valence-corrected chi connectivity index (χ2v) is 3.31. The second-order valence-electron chi connectivity index (χ2n) is 3.31. The van der Waals surface area contributed by atoms with Gasteiger partial charge in [-0.25, -0.2) is 4.68 Å². The van der Waals surface area contributed by atoms with Crippen LogP contribution < -0.4 is 16.2 Å². The largest absolute Gasteiger partial charge is 0.376 e. The van der Waals surface area contributed by atoms with E-state index in [-0.39, 0.29) is 5.56 Å². The lowest BCUT2D eigenvalue weighted by molar-refractivity contribution is 0.553. The smallest absolute Gasteiger partial charge is 0.268 e. The van der Waals surface area contributed by atoms with Crippen LogP contribution >= 0.6 is 0 Å². The molecule has 5 heteroatoms. The van der Waals surface area contributed by atoms with Gasteiger partial charge in [0.25, 0.3) is 5.56 Å². The van der Waals surface area contributed by atoms with Crippen LogP contribution in [-0.4, -0.2) is 30.4 Å². The van der Waals surface area contributed by atoms with Gasteiger partial charge in [0.15, 0.2) is 0 Å². The van der Waals surface area contributed by atoms with E-state index in [1.165, 1.54) is 4.68 Å². The third-order valence-corrected chi connectivity index (χ3v) is 1.95. The fourth-order valence-electron chi connectivity index (χ4n) is 1.08. The Morgan fingerprint density at radius 1 is 1.57 bits per heavy atom. The van der Waals surface area contributed by atoms with Crippen LogP contribution in [0.4, 0.5) is 5.69 Å². The summed E-state index contributed by atoms with van der Waals surface area (Å²) in [5, 5.41) is 4.04. The van der Waals surface area contributed by atoms with Crippen molar-refractivity contribution in [1.29, 1.82) is 0 Å². The Labute approximate surface area is 83.1 Å². The highest BCUT2D eigenvalue weighted by molar-refractivity contribution is 5.40. The van der Waals surface area contributed by atoms with Crippen molar-refractivity contribution >= 4 is 5.69 Å². The summed E-state index contributed by atoms with van der Waals surface area (Å²) in [6.45, 7) is 1.16. The molecule has 0 bridgehead atoms. The van der Waals surface area contributed by atoms with Crippen molar-refractivity contribution in [1.82, 2.24) is 9.78 Å². The molecular weight excluding hydrogens is 180 g/mol. The van der Waals surface area contributed by atoms with E-state index in [1.807, 2.05) is 19.0 Å². The summed E-state index contributed by atoms with van der Waals surface area (Å²) in [6.07, 6.45) is 2.45. The first-order chi connectivity index (χ1) is 6.65. The molecule has 0 aliphatic carbocycles. The average Bonchev–Trinajstić information content (AvgIpc) is 2.15. The van der Waals surface area contributed by atoms with E-state index in [2.05, 4.69) is 5.10 Å². The summed E-state index contributed by atoms with van der Waals surface area (Å²) >= 11 is 0. The minimum Gasteiger partial charge on any atom is -0.376 e. The van der Waals surface area contributed by atoms with Crippen LogP contribution in [0.1, 0.15) is 6.42 Å². The molecule has 0 amide bonds. The lowest BCUT2D eigenvalue weighted by atomic mass is 10.4. The molecule has 14 heavy (non-hydrogen) atoms. The van der Waals surface area contributed by atoms with Crippen LogP contribution in [0.5, 0.6) is 0 Å². The van der Waals surface area contributed by atoms with Gasteiger partial charge in [-0.15, -0.1) is 0 Å². The van der Waals surface area contributed by atoms with Gasteiger partial charge in [-0.2, -0.15) is 5.10 Å². The summed E-state index contributed by atoms with van der Waals surface area (Å²) in [5.41, 5.74) is 6.09. The lowest BCUT2D eigenvalue weighted by Crippen LogP contribution is -2.25. The maximum absolute atomic E-state index is 11.5. The highest BCUT2D eigenvalue weighted by Crippen LogP contribution is 2.03. The number of rotatable bonds is 4. The number of hydrogen-bond acceptors (Lipinski definition) is 4. The monoisotopic (exact) mass is 196 g/mol. The molecule has 0 fully saturated rings. The number of hydrogen-bond donors (Lipinski definition) is 1. The van der Waals surface area contributed by atoms with Crippen LogP contribution in [0, 0.1) is 0 Å². The summed E-state index contributed by atoms with van der Waals surface area (Å²) in [5.74, 6) is 0. The predicted molar refractivity (Wildman–Crippen MR) is 56.5 cm³/mol. The van der Waals surface area contributed by atoms with Crippen LogP contribution in [0.2, 0.25) is 0 Å². The molecule has 0 aliphatic rings. The SMILES string of the molecule is CN(C)c1cnn(CCCN)c(=O)c1. The Hall–Kier alpha value is -1.36. The fraction of sp³-hybridized carbons (Fsp3) is 0.556. The van der Waals surface area contributed by atoms with E-state index in [0.29, 0.717) is 13.1 Å². The molecule has 0 saturated heterocycles. The van der Waals surface area contributed by atoms with Gasteiger partial charge in [0.05, 0.1) is 11.9 Å².